The third-order valence-electron chi connectivity index (χ3n) is 2.98. The van der Waals surface area contributed by atoms with Crippen molar-refractivity contribution in [1.82, 2.24) is 14.9 Å². The van der Waals surface area contributed by atoms with Crippen LogP contribution in [0.3, 0.4) is 0 Å². The van der Waals surface area contributed by atoms with Gasteiger partial charge >= 0.3 is 0 Å². The van der Waals surface area contributed by atoms with Crippen LogP contribution in [0.4, 0.5) is 5.95 Å². The minimum Gasteiger partial charge on any atom is -0.368 e. The molecule has 0 saturated carbocycles. The zero-order valence-corrected chi connectivity index (χ0v) is 10.5. The Morgan fingerprint density at radius 1 is 1.59 bits per heavy atom. The van der Waals surface area contributed by atoms with Crippen molar-refractivity contribution in [3.05, 3.63) is 18.0 Å². The molecular formula is C10H16N4O2S. The van der Waals surface area contributed by atoms with E-state index in [4.69, 9.17) is 5.73 Å². The molecule has 1 aromatic rings. The summed E-state index contributed by atoms with van der Waals surface area (Å²) in [4.78, 5) is 9.92. The van der Waals surface area contributed by atoms with Gasteiger partial charge in [0.05, 0.1) is 17.2 Å². The van der Waals surface area contributed by atoms with Gasteiger partial charge in [0.1, 0.15) is 0 Å². The number of hydrogen-bond donors (Lipinski definition) is 1. The van der Waals surface area contributed by atoms with Gasteiger partial charge in [-0.05, 0) is 19.5 Å². The molecule has 1 aromatic heterocycles. The molecule has 1 unspecified atom stereocenters. The Bertz CT molecular complexity index is 503. The average Bonchev–Trinajstić information content (AvgIpc) is 2.59. The number of hydrogen-bond acceptors (Lipinski definition) is 6. The van der Waals surface area contributed by atoms with E-state index in [1.54, 1.807) is 12.3 Å². The van der Waals surface area contributed by atoms with Crippen molar-refractivity contribution in [2.75, 3.05) is 24.3 Å². The van der Waals surface area contributed by atoms with Crippen LogP contribution in [-0.2, 0) is 16.4 Å². The highest BCUT2D eigenvalue weighted by molar-refractivity contribution is 7.91. The molecule has 0 spiro atoms. The SMILES string of the molecule is CN(Cc1ccnc(N)n1)C1CCS(=O)(=O)C1. The number of sulfone groups is 1. The van der Waals surface area contributed by atoms with E-state index >= 15 is 0 Å². The van der Waals surface area contributed by atoms with Gasteiger partial charge in [-0.25, -0.2) is 18.4 Å². The van der Waals surface area contributed by atoms with Crippen molar-refractivity contribution in [2.24, 2.45) is 0 Å². The molecule has 17 heavy (non-hydrogen) atoms. The van der Waals surface area contributed by atoms with Crippen LogP contribution in [0.25, 0.3) is 0 Å². The summed E-state index contributed by atoms with van der Waals surface area (Å²) in [5, 5.41) is 0. The lowest BCUT2D eigenvalue weighted by Crippen LogP contribution is -2.32. The fourth-order valence-corrected chi connectivity index (χ4v) is 3.81. The predicted octanol–water partition coefficient (Wildman–Crippen LogP) is -0.322. The minimum atomic E-state index is -2.84. The quantitative estimate of drug-likeness (QED) is 0.797. The molecule has 0 aromatic carbocycles. The van der Waals surface area contributed by atoms with Crippen LogP contribution in [0.2, 0.25) is 0 Å². The van der Waals surface area contributed by atoms with Crippen molar-refractivity contribution < 1.29 is 8.42 Å². The van der Waals surface area contributed by atoms with E-state index in [0.717, 1.165) is 5.69 Å². The van der Waals surface area contributed by atoms with Crippen LogP contribution in [0, 0.1) is 0 Å². The van der Waals surface area contributed by atoms with Gasteiger partial charge in [-0.15, -0.1) is 0 Å². The van der Waals surface area contributed by atoms with Gasteiger partial charge in [0.25, 0.3) is 0 Å². The molecule has 1 aliphatic heterocycles. The molecule has 0 aliphatic carbocycles. The largest absolute Gasteiger partial charge is 0.368 e. The lowest BCUT2D eigenvalue weighted by Gasteiger charge is -2.22. The molecule has 6 nitrogen and oxygen atoms in total. The van der Waals surface area contributed by atoms with Crippen LogP contribution in [-0.4, -0.2) is 47.9 Å². The maximum atomic E-state index is 11.4. The van der Waals surface area contributed by atoms with Gasteiger partial charge in [-0.2, -0.15) is 0 Å². The molecule has 0 amide bonds. The Labute approximate surface area is 101 Å². The Kier molecular flexibility index (Phi) is 3.30. The summed E-state index contributed by atoms with van der Waals surface area (Å²) in [5.74, 6) is 0.771. The zero-order valence-electron chi connectivity index (χ0n) is 9.70. The molecule has 1 aliphatic rings. The standard InChI is InChI=1S/C10H16N4O2S/c1-14(9-3-5-17(15,16)7-9)6-8-2-4-12-10(11)13-8/h2,4,9H,3,5-7H2,1H3,(H2,11,12,13). The second kappa shape index (κ2) is 4.58. The third-order valence-corrected chi connectivity index (χ3v) is 4.73. The first-order chi connectivity index (χ1) is 7.96. The van der Waals surface area contributed by atoms with Gasteiger partial charge in [-0.1, -0.05) is 0 Å². The van der Waals surface area contributed by atoms with E-state index in [1.165, 1.54) is 0 Å². The van der Waals surface area contributed by atoms with Crippen molar-refractivity contribution in [3.8, 4) is 0 Å². The lowest BCUT2D eigenvalue weighted by molar-refractivity contribution is 0.251. The zero-order chi connectivity index (χ0) is 12.5. The summed E-state index contributed by atoms with van der Waals surface area (Å²) >= 11 is 0. The number of nitrogens with zero attached hydrogens (tertiary/aromatic N) is 3. The molecule has 0 bridgehead atoms. The molecule has 1 saturated heterocycles. The van der Waals surface area contributed by atoms with Gasteiger partial charge < -0.3 is 5.73 Å². The topological polar surface area (TPSA) is 89.2 Å². The Morgan fingerprint density at radius 3 is 2.94 bits per heavy atom. The Hall–Kier alpha value is -1.21. The first-order valence-corrected chi connectivity index (χ1v) is 7.26. The lowest BCUT2D eigenvalue weighted by atomic mass is 10.2. The van der Waals surface area contributed by atoms with Crippen LogP contribution in [0.15, 0.2) is 12.3 Å². The van der Waals surface area contributed by atoms with E-state index in [2.05, 4.69) is 9.97 Å². The number of aromatic nitrogens is 2. The summed E-state index contributed by atoms with van der Waals surface area (Å²) < 4.78 is 22.8. The van der Waals surface area contributed by atoms with E-state index in [9.17, 15) is 8.42 Å². The number of rotatable bonds is 3. The monoisotopic (exact) mass is 256 g/mol. The van der Waals surface area contributed by atoms with Crippen molar-refractivity contribution in [2.45, 2.75) is 19.0 Å². The summed E-state index contributed by atoms with van der Waals surface area (Å²) in [6.45, 7) is 0.590. The van der Waals surface area contributed by atoms with Gasteiger partial charge in [0, 0.05) is 18.8 Å². The molecule has 94 valence electrons. The molecule has 0 radical (unpaired) electrons. The molecular weight excluding hydrogens is 240 g/mol. The number of nitrogen functional groups attached to an aromatic ring is 1. The van der Waals surface area contributed by atoms with Crippen LogP contribution >= 0.6 is 0 Å². The van der Waals surface area contributed by atoms with Gasteiger partial charge in [-0.3, -0.25) is 4.90 Å². The number of nitrogens with two attached hydrogens (primary N) is 1. The fourth-order valence-electron chi connectivity index (χ4n) is 2.01. The maximum Gasteiger partial charge on any atom is 0.220 e. The second-order valence-electron chi connectivity index (χ2n) is 4.38. The smallest absolute Gasteiger partial charge is 0.220 e. The van der Waals surface area contributed by atoms with E-state index in [1.807, 2.05) is 11.9 Å². The molecule has 2 N–H and O–H groups in total. The van der Waals surface area contributed by atoms with E-state index in [-0.39, 0.29) is 23.5 Å². The fraction of sp³-hybridized carbons (Fsp3) is 0.600. The average molecular weight is 256 g/mol. The highest BCUT2D eigenvalue weighted by atomic mass is 32.2. The van der Waals surface area contributed by atoms with Crippen molar-refractivity contribution in [1.29, 1.82) is 0 Å². The highest BCUT2D eigenvalue weighted by Crippen LogP contribution is 2.17. The van der Waals surface area contributed by atoms with E-state index in [0.29, 0.717) is 13.0 Å². The highest BCUT2D eigenvalue weighted by Gasteiger charge is 2.30. The Morgan fingerprint density at radius 2 is 2.35 bits per heavy atom. The summed E-state index contributed by atoms with van der Waals surface area (Å²) in [7, 11) is -0.933. The second-order valence-corrected chi connectivity index (χ2v) is 6.61. The minimum absolute atomic E-state index is 0.0798. The molecule has 2 heterocycles. The third kappa shape index (κ3) is 3.13. The molecule has 7 heteroatoms. The number of anilines is 1. The van der Waals surface area contributed by atoms with Crippen LogP contribution < -0.4 is 5.73 Å². The molecule has 2 rings (SSSR count). The van der Waals surface area contributed by atoms with Gasteiger partial charge in [0.2, 0.25) is 5.95 Å². The van der Waals surface area contributed by atoms with Crippen molar-refractivity contribution >= 4 is 15.8 Å². The predicted molar refractivity (Wildman–Crippen MR) is 65.0 cm³/mol. The Balaban J connectivity index is 2.00. The molecule has 1 fully saturated rings. The molecule has 1 atom stereocenters. The maximum absolute atomic E-state index is 11.4. The van der Waals surface area contributed by atoms with E-state index < -0.39 is 9.84 Å². The first-order valence-electron chi connectivity index (χ1n) is 5.44. The van der Waals surface area contributed by atoms with Crippen LogP contribution in [0.5, 0.6) is 0 Å². The first kappa shape index (κ1) is 12.3. The summed E-state index contributed by atoms with van der Waals surface area (Å²) in [6.07, 6.45) is 2.30. The summed E-state index contributed by atoms with van der Waals surface area (Å²) in [6, 6.07) is 1.87. The summed E-state index contributed by atoms with van der Waals surface area (Å²) in [5.41, 5.74) is 6.30. The van der Waals surface area contributed by atoms with Crippen LogP contribution in [0.1, 0.15) is 12.1 Å². The normalized spacial score (nSPS) is 23.1. The van der Waals surface area contributed by atoms with Gasteiger partial charge in [0.15, 0.2) is 9.84 Å². The van der Waals surface area contributed by atoms with Crippen molar-refractivity contribution in [3.63, 3.8) is 0 Å².